The number of nitrogen functional groups attached to an aromatic ring is 1. The lowest BCUT2D eigenvalue weighted by molar-refractivity contribution is 0.810. The highest BCUT2D eigenvalue weighted by Gasteiger charge is 2.14. The van der Waals surface area contributed by atoms with E-state index in [9.17, 15) is 4.79 Å². The number of nitrogens with zero attached hydrogens (tertiary/aromatic N) is 4. The number of fused-ring (bicyclic) bond motifs is 1. The van der Waals surface area contributed by atoms with E-state index >= 15 is 0 Å². The quantitative estimate of drug-likeness (QED) is 0.581. The third-order valence-electron chi connectivity index (χ3n) is 3.66. The maximum absolute atomic E-state index is 12.6. The molecular weight excluding hydrogens is 322 g/mol. The fraction of sp³-hybridized carbons (Fsp3) is 0.0588. The largest absolute Gasteiger partial charge is 0.398 e. The molecule has 0 saturated heterocycles. The van der Waals surface area contributed by atoms with Crippen molar-refractivity contribution in [1.29, 1.82) is 0 Å². The molecule has 6 nitrogen and oxygen atoms in total. The van der Waals surface area contributed by atoms with E-state index in [1.54, 1.807) is 6.07 Å². The number of anilines is 1. The first-order chi connectivity index (χ1) is 11.7. The Balaban J connectivity index is 1.80. The van der Waals surface area contributed by atoms with Gasteiger partial charge in [-0.05, 0) is 17.7 Å². The molecule has 0 atom stereocenters. The summed E-state index contributed by atoms with van der Waals surface area (Å²) >= 11 is 1.29. The van der Waals surface area contributed by atoms with Crippen LogP contribution in [0.4, 0.5) is 5.69 Å². The van der Waals surface area contributed by atoms with Crippen molar-refractivity contribution in [1.82, 2.24) is 19.8 Å². The number of aromatic nitrogens is 4. The van der Waals surface area contributed by atoms with Gasteiger partial charge in [0.25, 0.3) is 5.56 Å². The minimum atomic E-state index is -0.249. The molecule has 7 heteroatoms. The molecule has 0 aliphatic carbocycles. The Bertz CT molecular complexity index is 1070. The first kappa shape index (κ1) is 14.5. The molecular formula is C17H13N5OS. The monoisotopic (exact) mass is 335 g/mol. The molecule has 4 rings (SSSR count). The van der Waals surface area contributed by atoms with Gasteiger partial charge in [0.2, 0.25) is 4.96 Å². The molecule has 0 amide bonds. The second-order valence-electron chi connectivity index (χ2n) is 5.30. The van der Waals surface area contributed by atoms with Crippen molar-refractivity contribution in [2.45, 2.75) is 6.42 Å². The zero-order valence-corrected chi connectivity index (χ0v) is 13.4. The van der Waals surface area contributed by atoms with Crippen LogP contribution in [-0.4, -0.2) is 19.8 Å². The van der Waals surface area contributed by atoms with Gasteiger partial charge in [-0.2, -0.15) is 9.61 Å². The molecule has 2 N–H and O–H groups in total. The third kappa shape index (κ3) is 2.55. The fourth-order valence-electron chi connectivity index (χ4n) is 2.45. The zero-order chi connectivity index (χ0) is 16.5. The molecule has 0 spiro atoms. The number of hydrogen-bond acceptors (Lipinski definition) is 6. The highest BCUT2D eigenvalue weighted by molar-refractivity contribution is 7.19. The molecule has 0 aliphatic rings. The van der Waals surface area contributed by atoms with Crippen molar-refractivity contribution in [3.8, 4) is 10.6 Å². The summed E-state index contributed by atoms with van der Waals surface area (Å²) in [4.78, 5) is 13.1. The molecule has 2 aromatic carbocycles. The minimum absolute atomic E-state index is 0.249. The summed E-state index contributed by atoms with van der Waals surface area (Å²) in [5.41, 5.74) is 8.52. The summed E-state index contributed by atoms with van der Waals surface area (Å²) in [6.45, 7) is 0. The van der Waals surface area contributed by atoms with E-state index in [0.29, 0.717) is 27.8 Å². The van der Waals surface area contributed by atoms with Crippen LogP contribution in [0, 0.1) is 0 Å². The van der Waals surface area contributed by atoms with Crippen molar-refractivity contribution in [2.75, 3.05) is 5.73 Å². The topological polar surface area (TPSA) is 86.2 Å². The van der Waals surface area contributed by atoms with Gasteiger partial charge < -0.3 is 5.73 Å². The van der Waals surface area contributed by atoms with Crippen LogP contribution in [0.2, 0.25) is 0 Å². The van der Waals surface area contributed by atoms with Crippen LogP contribution in [0.5, 0.6) is 0 Å². The summed E-state index contributed by atoms with van der Waals surface area (Å²) in [7, 11) is 0. The first-order valence-electron chi connectivity index (χ1n) is 7.36. The predicted octanol–water partition coefficient (Wildman–Crippen LogP) is 2.39. The molecule has 0 unspecified atom stereocenters. The van der Waals surface area contributed by atoms with Gasteiger partial charge in [0.05, 0.1) is 0 Å². The van der Waals surface area contributed by atoms with E-state index in [2.05, 4.69) is 15.3 Å². The Hall–Kier alpha value is -3.06. The van der Waals surface area contributed by atoms with Gasteiger partial charge in [0.1, 0.15) is 10.7 Å². The fourth-order valence-corrected chi connectivity index (χ4v) is 3.33. The van der Waals surface area contributed by atoms with Gasteiger partial charge in [-0.25, -0.2) is 0 Å². The number of nitrogens with two attached hydrogens (primary N) is 1. The maximum Gasteiger partial charge on any atom is 0.297 e. The Morgan fingerprint density at radius 2 is 1.75 bits per heavy atom. The normalized spacial score (nSPS) is 11.0. The van der Waals surface area contributed by atoms with Gasteiger partial charge in [0.15, 0.2) is 0 Å². The van der Waals surface area contributed by atoms with Crippen molar-refractivity contribution in [3.05, 3.63) is 76.2 Å². The Labute approximate surface area is 141 Å². The summed E-state index contributed by atoms with van der Waals surface area (Å²) in [5.74, 6) is 0. The lowest BCUT2D eigenvalue weighted by Gasteiger charge is -1.99. The summed E-state index contributed by atoms with van der Waals surface area (Å²) in [6, 6.07) is 17.1. The summed E-state index contributed by atoms with van der Waals surface area (Å²) < 4.78 is 1.30. The van der Waals surface area contributed by atoms with Crippen LogP contribution in [0.15, 0.2) is 59.4 Å². The number of para-hydroxylation sites is 1. The van der Waals surface area contributed by atoms with Crippen molar-refractivity contribution >= 4 is 22.0 Å². The minimum Gasteiger partial charge on any atom is -0.398 e. The third-order valence-corrected chi connectivity index (χ3v) is 4.59. The maximum atomic E-state index is 12.6. The van der Waals surface area contributed by atoms with Gasteiger partial charge >= 0.3 is 0 Å². The molecule has 24 heavy (non-hydrogen) atoms. The van der Waals surface area contributed by atoms with Gasteiger partial charge in [-0.15, -0.1) is 10.2 Å². The van der Waals surface area contributed by atoms with Crippen LogP contribution in [0.25, 0.3) is 15.5 Å². The number of hydrogen-bond donors (Lipinski definition) is 1. The lowest BCUT2D eigenvalue weighted by Crippen LogP contribution is -2.22. The molecule has 0 fully saturated rings. The van der Waals surface area contributed by atoms with Crippen molar-refractivity contribution in [3.63, 3.8) is 0 Å². The van der Waals surface area contributed by atoms with E-state index in [4.69, 9.17) is 5.73 Å². The highest BCUT2D eigenvalue weighted by atomic mass is 32.1. The molecule has 0 bridgehead atoms. The molecule has 2 heterocycles. The predicted molar refractivity (Wildman–Crippen MR) is 94.0 cm³/mol. The van der Waals surface area contributed by atoms with Gasteiger partial charge in [-0.1, -0.05) is 53.8 Å². The number of rotatable bonds is 3. The van der Waals surface area contributed by atoms with E-state index in [-0.39, 0.29) is 5.56 Å². The van der Waals surface area contributed by atoms with E-state index in [1.807, 2.05) is 48.5 Å². The van der Waals surface area contributed by atoms with Crippen LogP contribution >= 0.6 is 11.3 Å². The SMILES string of the molecule is Nc1ccccc1-c1nn2c(=O)c(Cc3ccccc3)nnc2s1. The van der Waals surface area contributed by atoms with Crippen LogP contribution in [-0.2, 0) is 6.42 Å². The average molecular weight is 335 g/mol. The molecule has 4 aromatic rings. The molecule has 2 aromatic heterocycles. The van der Waals surface area contributed by atoms with Gasteiger partial charge in [-0.3, -0.25) is 4.79 Å². The Morgan fingerprint density at radius 3 is 2.54 bits per heavy atom. The standard InChI is InChI=1S/C17H13N5OS/c18-13-9-5-4-8-12(13)15-21-22-16(23)14(19-20-17(22)24-15)10-11-6-2-1-3-7-11/h1-9H,10,18H2. The number of benzene rings is 2. The average Bonchev–Trinajstić information content (AvgIpc) is 3.04. The molecule has 0 saturated carbocycles. The first-order valence-corrected chi connectivity index (χ1v) is 8.18. The highest BCUT2D eigenvalue weighted by Crippen LogP contribution is 2.28. The smallest absolute Gasteiger partial charge is 0.297 e. The zero-order valence-electron chi connectivity index (χ0n) is 12.6. The van der Waals surface area contributed by atoms with Crippen LogP contribution < -0.4 is 11.3 Å². The Kier molecular flexibility index (Phi) is 3.55. The summed E-state index contributed by atoms with van der Waals surface area (Å²) in [6.07, 6.45) is 0.427. The van der Waals surface area contributed by atoms with Crippen LogP contribution in [0.3, 0.4) is 0 Å². The lowest BCUT2D eigenvalue weighted by atomic mass is 10.1. The molecule has 0 radical (unpaired) electrons. The van der Waals surface area contributed by atoms with Crippen LogP contribution in [0.1, 0.15) is 11.3 Å². The van der Waals surface area contributed by atoms with E-state index in [0.717, 1.165) is 11.1 Å². The molecule has 118 valence electrons. The van der Waals surface area contributed by atoms with E-state index in [1.165, 1.54) is 15.9 Å². The molecule has 0 aliphatic heterocycles. The summed E-state index contributed by atoms with van der Waals surface area (Å²) in [5, 5.41) is 13.3. The Morgan fingerprint density at radius 1 is 1.00 bits per heavy atom. The van der Waals surface area contributed by atoms with E-state index < -0.39 is 0 Å². The van der Waals surface area contributed by atoms with Crippen molar-refractivity contribution in [2.24, 2.45) is 0 Å². The van der Waals surface area contributed by atoms with Crippen molar-refractivity contribution < 1.29 is 0 Å². The van der Waals surface area contributed by atoms with Gasteiger partial charge in [0, 0.05) is 17.7 Å². The second-order valence-corrected chi connectivity index (χ2v) is 6.26. The second kappa shape index (κ2) is 5.86.